The van der Waals surface area contributed by atoms with Crippen LogP contribution in [0.5, 0.6) is 5.75 Å². The number of benzene rings is 2. The molecule has 0 heterocycles. The summed E-state index contributed by atoms with van der Waals surface area (Å²) in [7, 11) is 0. The van der Waals surface area contributed by atoms with Gasteiger partial charge in [0.25, 0.3) is 5.91 Å². The van der Waals surface area contributed by atoms with Gasteiger partial charge in [-0.3, -0.25) is 4.79 Å². The minimum atomic E-state index is -0.690. The first kappa shape index (κ1) is 16.3. The zero-order chi connectivity index (χ0) is 16.3. The SMILES string of the molecule is Cc1cc(O[C@@H](C)C(=O)Nc2ccc(F)cc2)cc(C)c1Cl. The Hall–Kier alpha value is -2.07. The summed E-state index contributed by atoms with van der Waals surface area (Å²) in [4.78, 5) is 12.1. The number of halogens is 2. The first-order chi connectivity index (χ1) is 10.4. The van der Waals surface area contributed by atoms with E-state index in [-0.39, 0.29) is 11.7 Å². The third-order valence-electron chi connectivity index (χ3n) is 3.20. The summed E-state index contributed by atoms with van der Waals surface area (Å²) in [6, 6.07) is 9.14. The number of carbonyl (C=O) groups is 1. The molecule has 0 saturated carbocycles. The van der Waals surface area contributed by atoms with Gasteiger partial charge in [-0.25, -0.2) is 4.39 Å². The molecule has 0 unspecified atom stereocenters. The van der Waals surface area contributed by atoms with Crippen molar-refractivity contribution in [3.8, 4) is 5.75 Å². The molecule has 0 aliphatic heterocycles. The van der Waals surface area contributed by atoms with Crippen molar-refractivity contribution in [1.82, 2.24) is 0 Å². The second-order valence-corrected chi connectivity index (χ2v) is 5.51. The molecular weight excluding hydrogens is 305 g/mol. The zero-order valence-electron chi connectivity index (χ0n) is 12.6. The summed E-state index contributed by atoms with van der Waals surface area (Å²) in [5, 5.41) is 3.36. The fraction of sp³-hybridized carbons (Fsp3) is 0.235. The molecule has 116 valence electrons. The summed E-state index contributed by atoms with van der Waals surface area (Å²) in [6.45, 7) is 5.41. The van der Waals surface area contributed by atoms with Crippen molar-refractivity contribution in [2.45, 2.75) is 26.9 Å². The van der Waals surface area contributed by atoms with E-state index in [1.54, 1.807) is 19.1 Å². The average molecular weight is 322 g/mol. The molecule has 0 spiro atoms. The van der Waals surface area contributed by atoms with Crippen LogP contribution in [-0.4, -0.2) is 12.0 Å². The molecule has 2 aromatic carbocycles. The number of hydrogen-bond donors (Lipinski definition) is 1. The van der Waals surface area contributed by atoms with E-state index in [0.29, 0.717) is 16.5 Å². The maximum atomic E-state index is 12.8. The molecule has 1 N–H and O–H groups in total. The van der Waals surface area contributed by atoms with E-state index in [0.717, 1.165) is 11.1 Å². The number of carbonyl (C=O) groups excluding carboxylic acids is 1. The van der Waals surface area contributed by atoms with Gasteiger partial charge in [0.2, 0.25) is 0 Å². The molecule has 0 radical (unpaired) electrons. The maximum Gasteiger partial charge on any atom is 0.265 e. The van der Waals surface area contributed by atoms with Crippen molar-refractivity contribution in [3.05, 3.63) is 58.4 Å². The lowest BCUT2D eigenvalue weighted by molar-refractivity contribution is -0.122. The number of anilines is 1. The molecule has 0 aliphatic carbocycles. The van der Waals surface area contributed by atoms with Crippen LogP contribution >= 0.6 is 11.6 Å². The summed E-state index contributed by atoms with van der Waals surface area (Å²) in [5.41, 5.74) is 2.30. The Morgan fingerprint density at radius 3 is 2.27 bits per heavy atom. The van der Waals surface area contributed by atoms with Crippen LogP contribution in [0.25, 0.3) is 0 Å². The van der Waals surface area contributed by atoms with Gasteiger partial charge >= 0.3 is 0 Å². The Morgan fingerprint density at radius 2 is 1.73 bits per heavy atom. The predicted octanol–water partition coefficient (Wildman–Crippen LogP) is 4.50. The summed E-state index contributed by atoms with van der Waals surface area (Å²) in [5.74, 6) is -0.0765. The van der Waals surface area contributed by atoms with Gasteiger partial charge in [-0.05, 0) is 68.3 Å². The van der Waals surface area contributed by atoms with Crippen LogP contribution < -0.4 is 10.1 Å². The van der Waals surface area contributed by atoms with Gasteiger partial charge in [-0.15, -0.1) is 0 Å². The molecule has 0 fully saturated rings. The summed E-state index contributed by atoms with van der Waals surface area (Å²) >= 11 is 6.10. The van der Waals surface area contributed by atoms with Gasteiger partial charge in [-0.1, -0.05) is 11.6 Å². The standard InChI is InChI=1S/C17H17ClFNO2/c1-10-8-15(9-11(2)16(10)18)22-12(3)17(21)20-14-6-4-13(19)5-7-14/h4-9,12H,1-3H3,(H,20,21)/t12-/m0/s1. The zero-order valence-corrected chi connectivity index (χ0v) is 13.4. The van der Waals surface area contributed by atoms with Gasteiger partial charge in [-0.2, -0.15) is 0 Å². The topological polar surface area (TPSA) is 38.3 Å². The van der Waals surface area contributed by atoms with E-state index in [9.17, 15) is 9.18 Å². The van der Waals surface area contributed by atoms with E-state index < -0.39 is 6.10 Å². The number of hydrogen-bond acceptors (Lipinski definition) is 2. The number of amides is 1. The first-order valence-corrected chi connectivity index (χ1v) is 7.24. The fourth-order valence-electron chi connectivity index (χ4n) is 2.01. The van der Waals surface area contributed by atoms with E-state index in [4.69, 9.17) is 16.3 Å². The van der Waals surface area contributed by atoms with Crippen LogP contribution in [0.3, 0.4) is 0 Å². The van der Waals surface area contributed by atoms with E-state index in [2.05, 4.69) is 5.32 Å². The lowest BCUT2D eigenvalue weighted by Crippen LogP contribution is -2.30. The van der Waals surface area contributed by atoms with Crippen LogP contribution in [0.2, 0.25) is 5.02 Å². The van der Waals surface area contributed by atoms with Gasteiger partial charge in [0.05, 0.1) is 0 Å². The highest BCUT2D eigenvalue weighted by molar-refractivity contribution is 6.32. The number of aryl methyl sites for hydroxylation is 2. The predicted molar refractivity (Wildman–Crippen MR) is 86.0 cm³/mol. The minimum Gasteiger partial charge on any atom is -0.481 e. The highest BCUT2D eigenvalue weighted by Crippen LogP contribution is 2.26. The first-order valence-electron chi connectivity index (χ1n) is 6.86. The molecule has 0 bridgehead atoms. The smallest absolute Gasteiger partial charge is 0.265 e. The Bertz CT molecular complexity index is 663. The third-order valence-corrected chi connectivity index (χ3v) is 3.80. The molecule has 0 saturated heterocycles. The monoisotopic (exact) mass is 321 g/mol. The molecule has 2 rings (SSSR count). The van der Waals surface area contributed by atoms with E-state index in [1.807, 2.05) is 13.8 Å². The van der Waals surface area contributed by atoms with Crippen molar-refractivity contribution in [1.29, 1.82) is 0 Å². The van der Waals surface area contributed by atoms with Crippen molar-refractivity contribution in [3.63, 3.8) is 0 Å². The molecule has 1 atom stereocenters. The van der Waals surface area contributed by atoms with Crippen molar-refractivity contribution >= 4 is 23.2 Å². The third kappa shape index (κ3) is 3.98. The highest BCUT2D eigenvalue weighted by Gasteiger charge is 2.16. The van der Waals surface area contributed by atoms with Crippen LogP contribution in [0.1, 0.15) is 18.1 Å². The fourth-order valence-corrected chi connectivity index (χ4v) is 2.12. The summed E-state index contributed by atoms with van der Waals surface area (Å²) in [6.07, 6.45) is -0.690. The normalized spacial score (nSPS) is 11.9. The van der Waals surface area contributed by atoms with Gasteiger partial charge in [0.1, 0.15) is 11.6 Å². The molecule has 3 nitrogen and oxygen atoms in total. The number of nitrogens with one attached hydrogen (secondary N) is 1. The quantitative estimate of drug-likeness (QED) is 0.900. The molecule has 5 heteroatoms. The average Bonchev–Trinajstić information content (AvgIpc) is 2.47. The summed E-state index contributed by atoms with van der Waals surface area (Å²) < 4.78 is 18.5. The Morgan fingerprint density at radius 1 is 1.18 bits per heavy atom. The van der Waals surface area contributed by atoms with Gasteiger partial charge in [0, 0.05) is 10.7 Å². The van der Waals surface area contributed by atoms with Crippen LogP contribution in [0.15, 0.2) is 36.4 Å². The Kier molecular flexibility index (Phi) is 5.03. The van der Waals surface area contributed by atoms with Crippen molar-refractivity contribution in [2.24, 2.45) is 0 Å². The van der Waals surface area contributed by atoms with Crippen molar-refractivity contribution < 1.29 is 13.9 Å². The highest BCUT2D eigenvalue weighted by atomic mass is 35.5. The number of ether oxygens (including phenoxy) is 1. The van der Waals surface area contributed by atoms with Crippen LogP contribution in [0, 0.1) is 19.7 Å². The lowest BCUT2D eigenvalue weighted by Gasteiger charge is -2.16. The van der Waals surface area contributed by atoms with E-state index in [1.165, 1.54) is 24.3 Å². The van der Waals surface area contributed by atoms with Gasteiger partial charge in [0.15, 0.2) is 6.10 Å². The van der Waals surface area contributed by atoms with Crippen molar-refractivity contribution in [2.75, 3.05) is 5.32 Å². The Balaban J connectivity index is 2.03. The van der Waals surface area contributed by atoms with Crippen LogP contribution in [-0.2, 0) is 4.79 Å². The Labute approximate surface area is 134 Å². The second kappa shape index (κ2) is 6.79. The second-order valence-electron chi connectivity index (χ2n) is 5.13. The molecule has 0 aromatic heterocycles. The molecule has 2 aromatic rings. The largest absolute Gasteiger partial charge is 0.481 e. The molecule has 0 aliphatic rings. The lowest BCUT2D eigenvalue weighted by atomic mass is 10.1. The van der Waals surface area contributed by atoms with Gasteiger partial charge < -0.3 is 10.1 Å². The molecule has 1 amide bonds. The minimum absolute atomic E-state index is 0.308. The molecule has 22 heavy (non-hydrogen) atoms. The number of rotatable bonds is 4. The maximum absolute atomic E-state index is 12.8. The molecular formula is C17H17ClFNO2. The van der Waals surface area contributed by atoms with Crippen LogP contribution in [0.4, 0.5) is 10.1 Å². The van der Waals surface area contributed by atoms with E-state index >= 15 is 0 Å².